The molecule has 4 rings (SSSR count). The van der Waals surface area contributed by atoms with E-state index in [1.165, 1.54) is 25.9 Å². The van der Waals surface area contributed by atoms with Crippen LogP contribution < -0.4 is 5.32 Å². The number of nitrogens with one attached hydrogen (secondary N) is 1. The Morgan fingerprint density at radius 3 is 2.31 bits per heavy atom. The lowest BCUT2D eigenvalue weighted by Crippen LogP contribution is -2.53. The molecular weight excluding hydrogens is 432 g/mol. The number of amides is 1. The summed E-state index contributed by atoms with van der Waals surface area (Å²) in [5.74, 6) is 0.171. The topological polar surface area (TPSA) is 91.4 Å². The molecule has 1 spiro atoms. The zero-order valence-electron chi connectivity index (χ0n) is 19.5. The highest BCUT2D eigenvalue weighted by Gasteiger charge is 2.44. The SMILES string of the molecule is C[C@H]1CCCN(CCCNC(=O)C2CCN(S(=O)(=O)N3CCC4(CC3)OCCO4)CC2)C1. The Morgan fingerprint density at radius 1 is 1.00 bits per heavy atom. The van der Waals surface area contributed by atoms with Crippen molar-refractivity contribution in [2.45, 2.75) is 57.7 Å². The number of rotatable bonds is 7. The average molecular weight is 473 g/mol. The number of hydrogen-bond acceptors (Lipinski definition) is 6. The quantitative estimate of drug-likeness (QED) is 0.557. The van der Waals surface area contributed by atoms with Crippen molar-refractivity contribution in [1.82, 2.24) is 18.8 Å². The van der Waals surface area contributed by atoms with E-state index in [4.69, 9.17) is 9.47 Å². The molecule has 4 fully saturated rings. The van der Waals surface area contributed by atoms with Gasteiger partial charge < -0.3 is 19.7 Å². The third-order valence-corrected chi connectivity index (χ3v) is 9.50. The first-order chi connectivity index (χ1) is 15.4. The van der Waals surface area contributed by atoms with Gasteiger partial charge in [0.25, 0.3) is 10.2 Å². The van der Waals surface area contributed by atoms with E-state index >= 15 is 0 Å². The number of carbonyl (C=O) groups excluding carboxylic acids is 1. The van der Waals surface area contributed by atoms with E-state index in [1.807, 2.05) is 0 Å². The van der Waals surface area contributed by atoms with Crippen LogP contribution in [0.3, 0.4) is 0 Å². The zero-order chi connectivity index (χ0) is 22.6. The molecule has 0 aromatic heterocycles. The Hall–Kier alpha value is -0.780. The summed E-state index contributed by atoms with van der Waals surface area (Å²) in [4.78, 5) is 15.1. The van der Waals surface area contributed by atoms with Gasteiger partial charge in [-0.2, -0.15) is 17.0 Å². The van der Waals surface area contributed by atoms with Crippen LogP contribution in [0.4, 0.5) is 0 Å². The van der Waals surface area contributed by atoms with E-state index in [0.717, 1.165) is 18.9 Å². The summed E-state index contributed by atoms with van der Waals surface area (Å²) < 4.78 is 40.6. The molecule has 0 aromatic carbocycles. The molecule has 0 aliphatic carbocycles. The molecule has 9 nitrogen and oxygen atoms in total. The number of carbonyl (C=O) groups is 1. The van der Waals surface area contributed by atoms with Crippen LogP contribution in [0.1, 0.15) is 51.9 Å². The normalized spacial score (nSPS) is 28.8. The molecule has 4 heterocycles. The van der Waals surface area contributed by atoms with E-state index < -0.39 is 16.0 Å². The standard InChI is InChI=1S/C22H40N4O5S/c1-19-4-2-10-24(18-19)11-3-9-23-21(27)20-5-12-25(13-6-20)32(28,29)26-14-7-22(8-15-26)30-16-17-31-22/h19-20H,2-18H2,1H3,(H,23,27)/t19-/m0/s1. The maximum atomic E-state index is 13.1. The molecule has 0 saturated carbocycles. The summed E-state index contributed by atoms with van der Waals surface area (Å²) in [6.07, 6.45) is 5.87. The zero-order valence-corrected chi connectivity index (χ0v) is 20.3. The van der Waals surface area contributed by atoms with E-state index in [-0.39, 0.29) is 11.8 Å². The summed E-state index contributed by atoms with van der Waals surface area (Å²) in [6, 6.07) is 0. The van der Waals surface area contributed by atoms with E-state index in [1.54, 1.807) is 8.61 Å². The molecule has 1 N–H and O–H groups in total. The molecule has 4 saturated heterocycles. The second kappa shape index (κ2) is 10.7. The second-order valence-corrected chi connectivity index (χ2v) is 11.8. The first kappa shape index (κ1) is 24.3. The average Bonchev–Trinajstić information content (AvgIpc) is 3.25. The molecule has 184 valence electrons. The summed E-state index contributed by atoms with van der Waals surface area (Å²) in [6.45, 7) is 9.18. The van der Waals surface area contributed by atoms with Gasteiger partial charge >= 0.3 is 0 Å². The molecule has 32 heavy (non-hydrogen) atoms. The molecule has 0 bridgehead atoms. The third-order valence-electron chi connectivity index (χ3n) is 7.47. The highest BCUT2D eigenvalue weighted by Crippen LogP contribution is 2.33. The van der Waals surface area contributed by atoms with Gasteiger partial charge in [-0.15, -0.1) is 0 Å². The Morgan fingerprint density at radius 2 is 1.66 bits per heavy atom. The van der Waals surface area contributed by atoms with Crippen LogP contribution in [-0.2, 0) is 24.5 Å². The van der Waals surface area contributed by atoms with Gasteiger partial charge in [0.2, 0.25) is 5.91 Å². The van der Waals surface area contributed by atoms with Crippen molar-refractivity contribution in [3.05, 3.63) is 0 Å². The maximum absolute atomic E-state index is 13.1. The highest BCUT2D eigenvalue weighted by molar-refractivity contribution is 7.86. The summed E-state index contributed by atoms with van der Waals surface area (Å²) in [5.41, 5.74) is 0. The molecule has 4 aliphatic rings. The van der Waals surface area contributed by atoms with Crippen LogP contribution in [0, 0.1) is 11.8 Å². The smallest absolute Gasteiger partial charge is 0.281 e. The largest absolute Gasteiger partial charge is 0.356 e. The van der Waals surface area contributed by atoms with Crippen molar-refractivity contribution in [3.63, 3.8) is 0 Å². The van der Waals surface area contributed by atoms with E-state index in [0.29, 0.717) is 71.6 Å². The minimum atomic E-state index is -3.50. The van der Waals surface area contributed by atoms with Gasteiger partial charge in [-0.1, -0.05) is 6.92 Å². The van der Waals surface area contributed by atoms with Crippen LogP contribution in [0.15, 0.2) is 0 Å². The van der Waals surface area contributed by atoms with Gasteiger partial charge in [-0.25, -0.2) is 0 Å². The van der Waals surface area contributed by atoms with Gasteiger partial charge in [-0.05, 0) is 51.1 Å². The fourth-order valence-corrected chi connectivity index (χ4v) is 7.15. The number of hydrogen-bond donors (Lipinski definition) is 1. The van der Waals surface area contributed by atoms with Crippen LogP contribution in [0.25, 0.3) is 0 Å². The van der Waals surface area contributed by atoms with Crippen LogP contribution >= 0.6 is 0 Å². The minimum absolute atomic E-state index is 0.0736. The van der Waals surface area contributed by atoms with E-state index in [2.05, 4.69) is 17.1 Å². The molecule has 4 aliphatic heterocycles. The van der Waals surface area contributed by atoms with Crippen LogP contribution in [0.5, 0.6) is 0 Å². The second-order valence-electron chi connectivity index (χ2n) is 9.88. The van der Waals surface area contributed by atoms with Crippen molar-refractivity contribution < 1.29 is 22.7 Å². The van der Waals surface area contributed by atoms with Gasteiger partial charge in [0.05, 0.1) is 13.2 Å². The highest BCUT2D eigenvalue weighted by atomic mass is 32.2. The van der Waals surface area contributed by atoms with Crippen molar-refractivity contribution in [2.75, 3.05) is 65.6 Å². The monoisotopic (exact) mass is 472 g/mol. The van der Waals surface area contributed by atoms with Crippen molar-refractivity contribution >= 4 is 16.1 Å². The van der Waals surface area contributed by atoms with Gasteiger partial charge in [0, 0.05) is 58.0 Å². The molecule has 0 unspecified atom stereocenters. The summed E-state index contributed by atoms with van der Waals surface area (Å²) in [7, 11) is -3.50. The fraction of sp³-hybridized carbons (Fsp3) is 0.955. The maximum Gasteiger partial charge on any atom is 0.281 e. The number of nitrogens with zero attached hydrogens (tertiary/aromatic N) is 3. The lowest BCUT2D eigenvalue weighted by Gasteiger charge is -2.40. The number of ether oxygens (including phenoxy) is 2. The van der Waals surface area contributed by atoms with Crippen molar-refractivity contribution in [1.29, 1.82) is 0 Å². The van der Waals surface area contributed by atoms with E-state index in [9.17, 15) is 13.2 Å². The van der Waals surface area contributed by atoms with Crippen LogP contribution in [0.2, 0.25) is 0 Å². The fourth-order valence-electron chi connectivity index (χ4n) is 5.50. The Kier molecular flexibility index (Phi) is 8.10. The first-order valence-electron chi connectivity index (χ1n) is 12.4. The van der Waals surface area contributed by atoms with Gasteiger partial charge in [-0.3, -0.25) is 4.79 Å². The van der Waals surface area contributed by atoms with Gasteiger partial charge in [0.15, 0.2) is 5.79 Å². The summed E-state index contributed by atoms with van der Waals surface area (Å²) >= 11 is 0. The summed E-state index contributed by atoms with van der Waals surface area (Å²) in [5, 5.41) is 3.08. The first-order valence-corrected chi connectivity index (χ1v) is 13.8. The molecule has 10 heteroatoms. The lowest BCUT2D eigenvalue weighted by atomic mass is 9.97. The Balaban J connectivity index is 1.15. The van der Waals surface area contributed by atoms with Crippen LogP contribution in [-0.4, -0.2) is 99.2 Å². The number of likely N-dealkylation sites (tertiary alicyclic amines) is 1. The molecule has 1 amide bonds. The number of piperidine rings is 3. The Bertz CT molecular complexity index is 725. The predicted octanol–water partition coefficient (Wildman–Crippen LogP) is 1.02. The molecule has 0 aromatic rings. The van der Waals surface area contributed by atoms with Crippen molar-refractivity contribution in [3.8, 4) is 0 Å². The molecular formula is C22H40N4O5S. The van der Waals surface area contributed by atoms with Crippen molar-refractivity contribution in [2.24, 2.45) is 11.8 Å². The Labute approximate surface area is 192 Å². The lowest BCUT2D eigenvalue weighted by molar-refractivity contribution is -0.179. The third kappa shape index (κ3) is 5.82. The minimum Gasteiger partial charge on any atom is -0.356 e. The molecule has 1 atom stereocenters. The molecule has 0 radical (unpaired) electrons. The van der Waals surface area contributed by atoms with Gasteiger partial charge in [0.1, 0.15) is 0 Å². The predicted molar refractivity (Wildman–Crippen MR) is 121 cm³/mol.